The number of carbonyl (C=O) groups excluding carboxylic acids is 2. The average Bonchev–Trinajstić information content (AvgIpc) is 3.17. The second kappa shape index (κ2) is 44.7. The third-order valence-corrected chi connectivity index (χ3v) is 9.24. The number of allylic oxidation sites excluding steroid dienone is 12. The van der Waals surface area contributed by atoms with Crippen molar-refractivity contribution in [2.24, 2.45) is 0 Å². The Balaban J connectivity index is 4.24. The van der Waals surface area contributed by atoms with Crippen LogP contribution in [-0.4, -0.2) is 37.9 Å². The summed E-state index contributed by atoms with van der Waals surface area (Å²) in [6.07, 6.45) is 56.4. The Hall–Kier alpha value is -2.66. The first-order chi connectivity index (χ1) is 26.6. The Morgan fingerprint density at radius 3 is 1.44 bits per heavy atom. The number of unbranched alkanes of at least 4 members (excludes halogenated alkanes) is 17. The number of carbonyl (C=O) groups is 2. The van der Waals surface area contributed by atoms with Gasteiger partial charge in [-0.3, -0.25) is 9.59 Å². The van der Waals surface area contributed by atoms with Gasteiger partial charge in [0, 0.05) is 19.4 Å². The highest BCUT2D eigenvalue weighted by molar-refractivity contribution is 5.70. The molecule has 0 radical (unpaired) electrons. The standard InChI is InChI=1S/C49H84O5/c1-4-7-10-13-16-18-20-22-23-24-25-26-28-30-32-35-38-41-44-52-45-47(54-49(51)43-40-37-33-15-12-9-6-3)46-53-48(50)42-39-36-34-31-29-27-21-19-17-14-11-8-5-2/h8,11,16-19,22-23,27,29,34,36,47H,4-7,9-10,12-15,20-21,24-26,28,30-33,35,37-46H2,1-3H3/b11-8-,18-16-,19-17-,23-22-,29-27-,36-34-. The molecule has 1 unspecified atom stereocenters. The summed E-state index contributed by atoms with van der Waals surface area (Å²) in [6.45, 7) is 7.55. The lowest BCUT2D eigenvalue weighted by atomic mass is 10.1. The molecule has 0 bridgehead atoms. The molecule has 0 aromatic heterocycles. The van der Waals surface area contributed by atoms with Crippen molar-refractivity contribution in [3.05, 3.63) is 72.9 Å². The number of hydrogen-bond donors (Lipinski definition) is 0. The van der Waals surface area contributed by atoms with Gasteiger partial charge in [-0.05, 0) is 77.0 Å². The molecule has 0 spiro atoms. The fraction of sp³-hybridized carbons (Fsp3) is 0.714. The molecule has 0 saturated carbocycles. The van der Waals surface area contributed by atoms with E-state index < -0.39 is 6.10 Å². The molecular weight excluding hydrogens is 669 g/mol. The first-order valence-electron chi connectivity index (χ1n) is 22.5. The van der Waals surface area contributed by atoms with Crippen molar-refractivity contribution < 1.29 is 23.8 Å². The van der Waals surface area contributed by atoms with Gasteiger partial charge in [-0.1, -0.05) is 184 Å². The quantitative estimate of drug-likeness (QED) is 0.0354. The van der Waals surface area contributed by atoms with Gasteiger partial charge >= 0.3 is 11.9 Å². The van der Waals surface area contributed by atoms with Gasteiger partial charge in [0.05, 0.1) is 6.61 Å². The third-order valence-electron chi connectivity index (χ3n) is 9.24. The molecule has 0 aliphatic heterocycles. The minimum absolute atomic E-state index is 0.0434. The lowest BCUT2D eigenvalue weighted by Gasteiger charge is -2.18. The number of ether oxygens (including phenoxy) is 3. The van der Waals surface area contributed by atoms with E-state index in [1.165, 1.54) is 96.3 Å². The first kappa shape index (κ1) is 51.3. The Morgan fingerprint density at radius 2 is 0.870 bits per heavy atom. The Kier molecular flexibility index (Phi) is 42.5. The lowest BCUT2D eigenvalue weighted by molar-refractivity contribution is -0.162. The molecule has 54 heavy (non-hydrogen) atoms. The summed E-state index contributed by atoms with van der Waals surface area (Å²) < 4.78 is 17.2. The maximum Gasteiger partial charge on any atom is 0.306 e. The molecule has 0 heterocycles. The number of hydrogen-bond acceptors (Lipinski definition) is 5. The van der Waals surface area contributed by atoms with Crippen molar-refractivity contribution in [3.8, 4) is 0 Å². The molecular formula is C49H84O5. The van der Waals surface area contributed by atoms with E-state index in [9.17, 15) is 9.59 Å². The monoisotopic (exact) mass is 753 g/mol. The predicted octanol–water partition coefficient (Wildman–Crippen LogP) is 14.8. The van der Waals surface area contributed by atoms with Crippen LogP contribution in [0.2, 0.25) is 0 Å². The SMILES string of the molecule is CC/C=C\C/C=C\C/C=C\C/C=C\CCC(=O)OCC(COCCCCCCCCCC/C=C\C/C=C\CCCCC)OC(=O)CCCCCCCCC. The van der Waals surface area contributed by atoms with Crippen molar-refractivity contribution in [2.45, 2.75) is 207 Å². The average molecular weight is 753 g/mol. The van der Waals surface area contributed by atoms with E-state index in [0.717, 1.165) is 64.2 Å². The fourth-order valence-corrected chi connectivity index (χ4v) is 5.90. The van der Waals surface area contributed by atoms with Gasteiger partial charge in [0.1, 0.15) is 6.61 Å². The van der Waals surface area contributed by atoms with Gasteiger partial charge in [-0.25, -0.2) is 0 Å². The van der Waals surface area contributed by atoms with Crippen LogP contribution in [-0.2, 0) is 23.8 Å². The zero-order valence-corrected chi connectivity index (χ0v) is 35.5. The molecule has 0 rings (SSSR count). The van der Waals surface area contributed by atoms with E-state index in [4.69, 9.17) is 14.2 Å². The van der Waals surface area contributed by atoms with Crippen LogP contribution in [0.4, 0.5) is 0 Å². The highest BCUT2D eigenvalue weighted by Crippen LogP contribution is 2.12. The molecule has 0 aromatic rings. The molecule has 0 aromatic carbocycles. The molecule has 0 aliphatic rings. The summed E-state index contributed by atoms with van der Waals surface area (Å²) >= 11 is 0. The van der Waals surface area contributed by atoms with Gasteiger partial charge < -0.3 is 14.2 Å². The molecule has 0 fully saturated rings. The van der Waals surface area contributed by atoms with E-state index in [1.54, 1.807) is 0 Å². The van der Waals surface area contributed by atoms with Crippen molar-refractivity contribution in [3.63, 3.8) is 0 Å². The topological polar surface area (TPSA) is 61.8 Å². The van der Waals surface area contributed by atoms with Crippen molar-refractivity contribution in [1.29, 1.82) is 0 Å². The molecule has 0 aliphatic carbocycles. The summed E-state index contributed by atoms with van der Waals surface area (Å²) in [5.41, 5.74) is 0. The van der Waals surface area contributed by atoms with Crippen LogP contribution < -0.4 is 0 Å². The van der Waals surface area contributed by atoms with Crippen LogP contribution in [0.1, 0.15) is 201 Å². The summed E-state index contributed by atoms with van der Waals surface area (Å²) in [4.78, 5) is 25.0. The lowest BCUT2D eigenvalue weighted by Crippen LogP contribution is -2.30. The third kappa shape index (κ3) is 42.1. The smallest absolute Gasteiger partial charge is 0.306 e. The zero-order valence-electron chi connectivity index (χ0n) is 35.5. The van der Waals surface area contributed by atoms with Crippen LogP contribution in [0, 0.1) is 0 Å². The van der Waals surface area contributed by atoms with Crippen LogP contribution in [0.3, 0.4) is 0 Å². The maximum absolute atomic E-state index is 12.6. The van der Waals surface area contributed by atoms with Crippen LogP contribution in [0.25, 0.3) is 0 Å². The summed E-state index contributed by atoms with van der Waals surface area (Å²) in [7, 11) is 0. The summed E-state index contributed by atoms with van der Waals surface area (Å²) in [5.74, 6) is -0.502. The second-order valence-corrected chi connectivity index (χ2v) is 14.6. The van der Waals surface area contributed by atoms with E-state index in [-0.39, 0.29) is 25.2 Å². The van der Waals surface area contributed by atoms with Crippen molar-refractivity contribution >= 4 is 11.9 Å². The minimum atomic E-state index is -0.565. The Bertz CT molecular complexity index is 988. The fourth-order valence-electron chi connectivity index (χ4n) is 5.90. The largest absolute Gasteiger partial charge is 0.462 e. The molecule has 0 saturated heterocycles. The molecule has 5 nitrogen and oxygen atoms in total. The van der Waals surface area contributed by atoms with Gasteiger partial charge in [-0.2, -0.15) is 0 Å². The summed E-state index contributed by atoms with van der Waals surface area (Å²) in [6, 6.07) is 0. The van der Waals surface area contributed by atoms with Gasteiger partial charge in [-0.15, -0.1) is 0 Å². The van der Waals surface area contributed by atoms with E-state index in [2.05, 4.69) is 87.6 Å². The van der Waals surface area contributed by atoms with Crippen LogP contribution in [0.15, 0.2) is 72.9 Å². The minimum Gasteiger partial charge on any atom is -0.462 e. The van der Waals surface area contributed by atoms with E-state index in [0.29, 0.717) is 25.9 Å². The number of esters is 2. The van der Waals surface area contributed by atoms with E-state index in [1.807, 2.05) is 6.08 Å². The zero-order chi connectivity index (χ0) is 39.3. The molecule has 310 valence electrons. The normalized spacial score (nSPS) is 12.9. The van der Waals surface area contributed by atoms with E-state index >= 15 is 0 Å². The molecule has 5 heteroatoms. The second-order valence-electron chi connectivity index (χ2n) is 14.6. The number of rotatable bonds is 40. The van der Waals surface area contributed by atoms with Crippen LogP contribution >= 0.6 is 0 Å². The Labute approximate surface area is 334 Å². The summed E-state index contributed by atoms with van der Waals surface area (Å²) in [5, 5.41) is 0. The molecule has 0 N–H and O–H groups in total. The van der Waals surface area contributed by atoms with Crippen LogP contribution in [0.5, 0.6) is 0 Å². The predicted molar refractivity (Wildman–Crippen MR) is 233 cm³/mol. The Morgan fingerprint density at radius 1 is 0.426 bits per heavy atom. The highest BCUT2D eigenvalue weighted by Gasteiger charge is 2.17. The first-order valence-corrected chi connectivity index (χ1v) is 22.5. The maximum atomic E-state index is 12.6. The van der Waals surface area contributed by atoms with Gasteiger partial charge in [0.15, 0.2) is 6.10 Å². The van der Waals surface area contributed by atoms with Gasteiger partial charge in [0.2, 0.25) is 0 Å². The van der Waals surface area contributed by atoms with Gasteiger partial charge in [0.25, 0.3) is 0 Å². The molecule has 0 amide bonds. The highest BCUT2D eigenvalue weighted by atomic mass is 16.6. The van der Waals surface area contributed by atoms with Crippen molar-refractivity contribution in [2.75, 3.05) is 19.8 Å². The van der Waals surface area contributed by atoms with Crippen molar-refractivity contribution in [1.82, 2.24) is 0 Å². The molecule has 1 atom stereocenters.